The number of hydrogen-bond acceptors (Lipinski definition) is 5. The summed E-state index contributed by atoms with van der Waals surface area (Å²) in [5.74, 6) is 0.0809. The van der Waals surface area contributed by atoms with Crippen LogP contribution < -0.4 is 10.2 Å². The van der Waals surface area contributed by atoms with Gasteiger partial charge in [0.05, 0.1) is 6.54 Å². The molecule has 1 amide bonds. The first-order chi connectivity index (χ1) is 7.50. The molecule has 5 nitrogen and oxygen atoms in total. The first-order valence-electron chi connectivity index (χ1n) is 5.03. The van der Waals surface area contributed by atoms with E-state index in [0.29, 0.717) is 13.1 Å². The molecule has 0 fully saturated rings. The average molecular weight is 242 g/mol. The highest BCUT2D eigenvalue weighted by Crippen LogP contribution is 2.19. The summed E-state index contributed by atoms with van der Waals surface area (Å²) in [6.07, 6.45) is 1.84. The van der Waals surface area contributed by atoms with E-state index in [2.05, 4.69) is 10.3 Å². The van der Waals surface area contributed by atoms with Crippen LogP contribution in [0, 0.1) is 0 Å². The summed E-state index contributed by atoms with van der Waals surface area (Å²) in [5.41, 5.74) is 0. The Kier molecular flexibility index (Phi) is 4.70. The highest BCUT2D eigenvalue weighted by molar-refractivity contribution is 7.15. The lowest BCUT2D eigenvalue weighted by Crippen LogP contribution is -2.32. The fourth-order valence-electron chi connectivity index (χ4n) is 1.04. The largest absolute Gasteiger partial charge is 0.354 e. The molecule has 0 saturated carbocycles. The minimum atomic E-state index is 0.0809. The van der Waals surface area contributed by atoms with Crippen molar-refractivity contribution in [1.82, 2.24) is 15.2 Å². The maximum Gasteiger partial charge on any atom is 0.236 e. The molecule has 0 saturated heterocycles. The van der Waals surface area contributed by atoms with Gasteiger partial charge in [0.15, 0.2) is 5.13 Å². The zero-order valence-electron chi connectivity index (χ0n) is 10.1. The fraction of sp³-hybridized carbons (Fsp3) is 0.600. The number of amides is 1. The van der Waals surface area contributed by atoms with Crippen molar-refractivity contribution in [3.05, 3.63) is 11.1 Å². The number of nitrogens with one attached hydrogen (secondary N) is 1. The maximum absolute atomic E-state index is 11.3. The highest BCUT2D eigenvalue weighted by atomic mass is 32.1. The lowest BCUT2D eigenvalue weighted by atomic mass is 10.5. The van der Waals surface area contributed by atoms with Crippen molar-refractivity contribution in [3.8, 4) is 0 Å². The van der Waals surface area contributed by atoms with Crippen LogP contribution in [0.1, 0.15) is 4.88 Å². The molecule has 0 radical (unpaired) electrons. The molecule has 90 valence electrons. The second-order valence-electron chi connectivity index (χ2n) is 3.90. The summed E-state index contributed by atoms with van der Waals surface area (Å²) < 4.78 is 0. The van der Waals surface area contributed by atoms with Gasteiger partial charge in [-0.25, -0.2) is 4.98 Å². The van der Waals surface area contributed by atoms with Crippen LogP contribution in [0.25, 0.3) is 0 Å². The quantitative estimate of drug-likeness (QED) is 0.811. The van der Waals surface area contributed by atoms with Crippen molar-refractivity contribution in [1.29, 1.82) is 0 Å². The highest BCUT2D eigenvalue weighted by Gasteiger charge is 2.05. The predicted molar refractivity (Wildman–Crippen MR) is 66.8 cm³/mol. The van der Waals surface area contributed by atoms with Crippen LogP contribution in [0.3, 0.4) is 0 Å². The van der Waals surface area contributed by atoms with Crippen molar-refractivity contribution in [2.24, 2.45) is 0 Å². The number of hydrogen-bond donors (Lipinski definition) is 1. The van der Waals surface area contributed by atoms with Gasteiger partial charge in [0, 0.05) is 45.8 Å². The van der Waals surface area contributed by atoms with Gasteiger partial charge in [-0.2, -0.15) is 0 Å². The lowest BCUT2D eigenvalue weighted by molar-refractivity contribution is -0.127. The number of carbonyl (C=O) groups is 1. The summed E-state index contributed by atoms with van der Waals surface area (Å²) in [6, 6.07) is 0. The summed E-state index contributed by atoms with van der Waals surface area (Å²) >= 11 is 1.63. The summed E-state index contributed by atoms with van der Waals surface area (Å²) in [6.45, 7) is 1.05. The van der Waals surface area contributed by atoms with Gasteiger partial charge in [0.2, 0.25) is 5.91 Å². The molecule has 0 aromatic carbocycles. The molecule has 1 aromatic rings. The number of nitrogens with zero attached hydrogens (tertiary/aromatic N) is 3. The SMILES string of the molecule is CN(C)C(=O)CNCc1cnc(N(C)C)s1. The number of carbonyl (C=O) groups excluding carboxylic acids is 1. The second kappa shape index (κ2) is 5.81. The van der Waals surface area contributed by atoms with Crippen LogP contribution in [0.5, 0.6) is 0 Å². The zero-order chi connectivity index (χ0) is 12.1. The van der Waals surface area contributed by atoms with Crippen LogP contribution in [0.2, 0.25) is 0 Å². The Morgan fingerprint density at radius 1 is 1.44 bits per heavy atom. The molecule has 0 atom stereocenters. The molecule has 0 aliphatic heterocycles. The van der Waals surface area contributed by atoms with Gasteiger partial charge in [-0.3, -0.25) is 4.79 Å². The molecule has 0 bridgehead atoms. The van der Waals surface area contributed by atoms with E-state index in [4.69, 9.17) is 0 Å². The van der Waals surface area contributed by atoms with Gasteiger partial charge >= 0.3 is 0 Å². The Hall–Kier alpha value is -1.14. The van der Waals surface area contributed by atoms with E-state index < -0.39 is 0 Å². The van der Waals surface area contributed by atoms with Crippen LogP contribution in [0.15, 0.2) is 6.20 Å². The van der Waals surface area contributed by atoms with E-state index in [1.54, 1.807) is 30.3 Å². The van der Waals surface area contributed by atoms with Crippen LogP contribution in [0.4, 0.5) is 5.13 Å². The van der Waals surface area contributed by atoms with Crippen molar-refractivity contribution in [3.63, 3.8) is 0 Å². The number of aromatic nitrogens is 1. The van der Waals surface area contributed by atoms with E-state index in [0.717, 1.165) is 10.0 Å². The van der Waals surface area contributed by atoms with Crippen LogP contribution in [-0.4, -0.2) is 50.5 Å². The first kappa shape index (κ1) is 12.9. The Morgan fingerprint density at radius 2 is 2.12 bits per heavy atom. The Morgan fingerprint density at radius 3 is 2.62 bits per heavy atom. The predicted octanol–water partition coefficient (Wildman–Crippen LogP) is 0.387. The molecule has 1 heterocycles. The molecule has 6 heteroatoms. The zero-order valence-corrected chi connectivity index (χ0v) is 11.0. The smallest absolute Gasteiger partial charge is 0.236 e. The minimum Gasteiger partial charge on any atom is -0.354 e. The Labute approximate surface area is 100 Å². The molecule has 1 rings (SSSR count). The third-order valence-corrected chi connectivity index (χ3v) is 3.16. The Bertz CT molecular complexity index is 348. The molecule has 0 aliphatic rings. The molecule has 16 heavy (non-hydrogen) atoms. The standard InChI is InChI=1S/C10H18N4OS/c1-13(2)9(15)7-11-5-8-6-12-10(16-8)14(3)4/h6,11H,5,7H2,1-4H3. The van der Waals surface area contributed by atoms with Crippen LogP contribution >= 0.6 is 11.3 Å². The van der Waals surface area contributed by atoms with Crippen molar-refractivity contribution >= 4 is 22.4 Å². The van der Waals surface area contributed by atoms with Gasteiger partial charge < -0.3 is 15.1 Å². The summed E-state index contributed by atoms with van der Waals surface area (Å²) in [7, 11) is 7.43. The summed E-state index contributed by atoms with van der Waals surface area (Å²) in [4.78, 5) is 20.2. The van der Waals surface area contributed by atoms with Gasteiger partial charge in [-0.1, -0.05) is 0 Å². The number of rotatable bonds is 5. The number of thiazole rings is 1. The van der Waals surface area contributed by atoms with Gasteiger partial charge in [0.1, 0.15) is 0 Å². The van der Waals surface area contributed by atoms with Crippen molar-refractivity contribution < 1.29 is 4.79 Å². The third-order valence-electron chi connectivity index (χ3n) is 2.00. The fourth-order valence-corrected chi connectivity index (χ4v) is 1.84. The summed E-state index contributed by atoms with van der Waals surface area (Å²) in [5, 5.41) is 4.08. The van der Waals surface area contributed by atoms with Gasteiger partial charge in [-0.05, 0) is 0 Å². The normalized spacial score (nSPS) is 10.2. The molecular weight excluding hydrogens is 224 g/mol. The number of anilines is 1. The Balaban J connectivity index is 2.35. The average Bonchev–Trinajstić information content (AvgIpc) is 2.66. The minimum absolute atomic E-state index is 0.0809. The van der Waals surface area contributed by atoms with E-state index >= 15 is 0 Å². The van der Waals surface area contributed by atoms with E-state index in [9.17, 15) is 4.79 Å². The van der Waals surface area contributed by atoms with Gasteiger partial charge in [-0.15, -0.1) is 11.3 Å². The molecule has 0 spiro atoms. The van der Waals surface area contributed by atoms with E-state index in [-0.39, 0.29) is 5.91 Å². The second-order valence-corrected chi connectivity index (χ2v) is 4.99. The molecule has 1 aromatic heterocycles. The molecule has 1 N–H and O–H groups in total. The third kappa shape index (κ3) is 3.79. The van der Waals surface area contributed by atoms with Crippen molar-refractivity contribution in [2.45, 2.75) is 6.54 Å². The topological polar surface area (TPSA) is 48.5 Å². The first-order valence-corrected chi connectivity index (χ1v) is 5.85. The lowest BCUT2D eigenvalue weighted by Gasteiger charge is -2.10. The maximum atomic E-state index is 11.3. The molecule has 0 unspecified atom stereocenters. The van der Waals surface area contributed by atoms with Crippen LogP contribution in [-0.2, 0) is 11.3 Å². The molecule has 0 aliphatic carbocycles. The van der Waals surface area contributed by atoms with Gasteiger partial charge in [0.25, 0.3) is 0 Å². The monoisotopic (exact) mass is 242 g/mol. The van der Waals surface area contributed by atoms with E-state index in [1.807, 2.05) is 25.2 Å². The molecular formula is C10H18N4OS. The van der Waals surface area contributed by atoms with Crippen molar-refractivity contribution in [2.75, 3.05) is 39.6 Å². The van der Waals surface area contributed by atoms with E-state index in [1.165, 1.54) is 0 Å². The number of likely N-dealkylation sites (N-methyl/N-ethyl adjacent to an activating group) is 1.